The summed E-state index contributed by atoms with van der Waals surface area (Å²) in [5.74, 6) is -0.137. The van der Waals surface area contributed by atoms with Crippen molar-refractivity contribution in [2.45, 2.75) is 57.2 Å². The normalized spacial score (nSPS) is 30.4. The van der Waals surface area contributed by atoms with Crippen molar-refractivity contribution < 1.29 is 28.2 Å². The summed E-state index contributed by atoms with van der Waals surface area (Å²) < 4.78 is 27.6. The van der Waals surface area contributed by atoms with Gasteiger partial charge in [-0.25, -0.2) is 0 Å². The number of anilines is 1. The Balaban J connectivity index is 1.33. The third kappa shape index (κ3) is 4.21. The second-order valence-electron chi connectivity index (χ2n) is 9.99. The van der Waals surface area contributed by atoms with Crippen LogP contribution < -0.4 is 9.62 Å². The zero-order valence-corrected chi connectivity index (χ0v) is 20.2. The minimum Gasteiger partial charge on any atom is -0.367 e. The van der Waals surface area contributed by atoms with Crippen LogP contribution in [0.2, 0.25) is 0 Å². The molecule has 1 aliphatic carbocycles. The van der Waals surface area contributed by atoms with E-state index in [0.717, 1.165) is 25.7 Å². The molecule has 34 heavy (non-hydrogen) atoms. The smallest absolute Gasteiger partial charge is 0.251 e. The molecule has 4 atom stereocenters. The Bertz CT molecular complexity index is 964. The minimum absolute atomic E-state index is 0.0396. The average molecular weight is 492 g/mol. The van der Waals surface area contributed by atoms with Crippen molar-refractivity contribution in [1.82, 2.24) is 10.2 Å². The predicted molar refractivity (Wildman–Crippen MR) is 129 cm³/mol. The highest BCUT2D eigenvalue weighted by molar-refractivity contribution is 8.25. The van der Waals surface area contributed by atoms with E-state index in [1.165, 1.54) is 0 Å². The quantitative estimate of drug-likeness (QED) is 0.579. The number of carbonyl (C=O) groups excluding carboxylic acids is 3. The topological polar surface area (TPSA) is 119 Å². The van der Waals surface area contributed by atoms with Crippen molar-refractivity contribution >= 4 is 34.1 Å². The molecule has 4 fully saturated rings. The maximum Gasteiger partial charge on any atom is 0.251 e. The zero-order valence-electron chi connectivity index (χ0n) is 19.4. The Morgan fingerprint density at radius 3 is 2.50 bits per heavy atom. The van der Waals surface area contributed by atoms with Gasteiger partial charge in [0.15, 0.2) is 5.78 Å². The van der Waals surface area contributed by atoms with Crippen LogP contribution in [0.3, 0.4) is 0 Å². The first-order valence-corrected chi connectivity index (χ1v) is 13.8. The van der Waals surface area contributed by atoms with Gasteiger partial charge < -0.3 is 15.0 Å². The molecule has 3 N–H and O–H groups in total. The second kappa shape index (κ2) is 9.14. The molecule has 0 bridgehead atoms. The van der Waals surface area contributed by atoms with Crippen molar-refractivity contribution in [2.24, 2.45) is 11.8 Å². The molecule has 186 valence electrons. The van der Waals surface area contributed by atoms with Crippen molar-refractivity contribution in [1.29, 1.82) is 0 Å². The van der Waals surface area contributed by atoms with E-state index in [4.69, 9.17) is 4.74 Å². The lowest BCUT2D eigenvalue weighted by Gasteiger charge is -2.38. The molecule has 4 aliphatic rings. The zero-order chi connectivity index (χ0) is 24.0. The molecular formula is C24H33N3O6S. The molecule has 2 amide bonds. The number of fused-ring (bicyclic) bond motifs is 1. The molecule has 1 saturated carbocycles. The fourth-order valence-corrected chi connectivity index (χ4v) is 7.55. The molecule has 3 saturated heterocycles. The van der Waals surface area contributed by atoms with Crippen molar-refractivity contribution in [2.75, 3.05) is 29.8 Å². The van der Waals surface area contributed by atoms with Gasteiger partial charge in [-0.2, -0.15) is 0 Å². The lowest BCUT2D eigenvalue weighted by atomic mass is 9.95. The number of Topliss-reactive ketones (excluding diaryl/α,β-unsaturated/α-hetero) is 1. The number of amides is 2. The molecule has 3 heterocycles. The second-order valence-corrected chi connectivity index (χ2v) is 12.1. The van der Waals surface area contributed by atoms with Gasteiger partial charge in [-0.05, 0) is 49.4 Å². The fraction of sp³-hybridized carbons (Fsp3) is 0.625. The first-order valence-electron chi connectivity index (χ1n) is 12.2. The summed E-state index contributed by atoms with van der Waals surface area (Å²) >= 11 is 0. The number of hydrogen-bond donors (Lipinski definition) is 3. The molecule has 0 aromatic heterocycles. The van der Waals surface area contributed by atoms with Crippen molar-refractivity contribution in [3.63, 3.8) is 0 Å². The number of likely N-dealkylation sites (tertiary alicyclic amines) is 1. The van der Waals surface area contributed by atoms with Crippen molar-refractivity contribution in [3.05, 3.63) is 29.8 Å². The molecule has 9 nitrogen and oxygen atoms in total. The van der Waals surface area contributed by atoms with Gasteiger partial charge in [-0.3, -0.25) is 27.8 Å². The summed E-state index contributed by atoms with van der Waals surface area (Å²) in [6.07, 6.45) is 4.22. The molecule has 1 aromatic carbocycles. The average Bonchev–Trinajstić information content (AvgIpc) is 3.59. The standard InChI is InChI=1S/C24H33N3O6S/c1-15-13-26(21-19(28)14-33-22(15)21)24(30)20(16-5-2-3-6-16)25-23(29)17-7-9-18(10-8-17)27-11-4-12-34(27,31)32/h7-10,15-16,20-22,31-32H,2-6,11-14H2,1H3,(H,25,29)/t15-,20+,21-,22-/m1/s1. The van der Waals surface area contributed by atoms with Gasteiger partial charge in [0.1, 0.15) is 18.7 Å². The Hall–Kier alpha value is -2.14. The SMILES string of the molecule is C[C@@H]1CN(C(=O)[C@@H](NC(=O)c2ccc(N3CCCS3(O)O)cc2)C2CCCC2)[C@@H]2C(=O)CO[C@H]12. The van der Waals surface area contributed by atoms with Crippen LogP contribution in [0.5, 0.6) is 0 Å². The van der Waals surface area contributed by atoms with Crippen LogP contribution in [0, 0.1) is 11.8 Å². The summed E-state index contributed by atoms with van der Waals surface area (Å²) in [5.41, 5.74) is 1.07. The molecular weight excluding hydrogens is 458 g/mol. The van der Waals surface area contributed by atoms with Gasteiger partial charge in [0, 0.05) is 24.6 Å². The van der Waals surface area contributed by atoms with E-state index in [9.17, 15) is 23.5 Å². The molecule has 5 rings (SSSR count). The van der Waals surface area contributed by atoms with Crippen LogP contribution in [0.4, 0.5) is 5.69 Å². The first-order chi connectivity index (χ1) is 16.3. The minimum atomic E-state index is -2.80. The van der Waals surface area contributed by atoms with Gasteiger partial charge >= 0.3 is 0 Å². The van der Waals surface area contributed by atoms with Gasteiger partial charge in [-0.15, -0.1) is 10.8 Å². The van der Waals surface area contributed by atoms with Gasteiger partial charge in [0.05, 0.1) is 17.5 Å². The highest BCUT2D eigenvalue weighted by atomic mass is 32.3. The molecule has 10 heteroatoms. The van der Waals surface area contributed by atoms with Gasteiger partial charge in [0.25, 0.3) is 5.91 Å². The van der Waals surface area contributed by atoms with Crippen LogP contribution in [0.1, 0.15) is 49.4 Å². The Labute approximate surface area is 201 Å². The predicted octanol–water partition coefficient (Wildman–Crippen LogP) is 2.67. The number of rotatable bonds is 5. The van der Waals surface area contributed by atoms with E-state index in [1.54, 1.807) is 33.5 Å². The molecule has 0 radical (unpaired) electrons. The summed E-state index contributed by atoms with van der Waals surface area (Å²) in [5, 5.41) is 2.98. The fourth-order valence-electron chi connectivity index (χ4n) is 5.93. The lowest BCUT2D eigenvalue weighted by molar-refractivity contribution is -0.139. The van der Waals surface area contributed by atoms with Crippen LogP contribution in [0.25, 0.3) is 0 Å². The number of benzene rings is 1. The number of nitrogens with zero attached hydrogens (tertiary/aromatic N) is 2. The summed E-state index contributed by atoms with van der Waals surface area (Å²) in [4.78, 5) is 40.9. The largest absolute Gasteiger partial charge is 0.367 e. The summed E-state index contributed by atoms with van der Waals surface area (Å²) in [6, 6.07) is 5.49. The Morgan fingerprint density at radius 2 is 1.85 bits per heavy atom. The number of ether oxygens (including phenoxy) is 1. The number of ketones is 1. The summed E-state index contributed by atoms with van der Waals surface area (Å²) in [7, 11) is -2.80. The molecule has 0 unspecified atom stereocenters. The lowest BCUT2D eigenvalue weighted by Crippen LogP contribution is -2.54. The third-order valence-electron chi connectivity index (χ3n) is 7.70. The van der Waals surface area contributed by atoms with Crippen LogP contribution >= 0.6 is 10.8 Å². The van der Waals surface area contributed by atoms with E-state index >= 15 is 0 Å². The van der Waals surface area contributed by atoms with Crippen LogP contribution in [0.15, 0.2) is 24.3 Å². The molecule has 3 aliphatic heterocycles. The highest BCUT2D eigenvalue weighted by Crippen LogP contribution is 2.50. The van der Waals surface area contributed by atoms with E-state index in [-0.39, 0.29) is 42.1 Å². The van der Waals surface area contributed by atoms with E-state index in [2.05, 4.69) is 5.32 Å². The highest BCUT2D eigenvalue weighted by Gasteiger charge is 2.52. The Morgan fingerprint density at radius 1 is 1.15 bits per heavy atom. The first kappa shape index (κ1) is 23.6. The van der Waals surface area contributed by atoms with Crippen molar-refractivity contribution in [3.8, 4) is 0 Å². The summed E-state index contributed by atoms with van der Waals surface area (Å²) in [6.45, 7) is 3.04. The maximum atomic E-state index is 13.7. The molecule has 0 spiro atoms. The number of nitrogens with one attached hydrogen (secondary N) is 1. The monoisotopic (exact) mass is 491 g/mol. The van der Waals surface area contributed by atoms with E-state index in [1.807, 2.05) is 6.92 Å². The van der Waals surface area contributed by atoms with E-state index in [0.29, 0.717) is 36.5 Å². The number of carbonyl (C=O) groups is 3. The van der Waals surface area contributed by atoms with Gasteiger partial charge in [-0.1, -0.05) is 19.8 Å². The molecule has 1 aromatic rings. The third-order valence-corrected chi connectivity index (χ3v) is 9.63. The van der Waals surface area contributed by atoms with Crippen LogP contribution in [-0.4, -0.2) is 75.2 Å². The maximum absolute atomic E-state index is 13.7. The van der Waals surface area contributed by atoms with E-state index < -0.39 is 22.9 Å². The van der Waals surface area contributed by atoms with Crippen LogP contribution in [-0.2, 0) is 14.3 Å². The number of hydrogen-bond acceptors (Lipinski definition) is 7. The van der Waals surface area contributed by atoms with Gasteiger partial charge in [0.2, 0.25) is 5.91 Å². The Kier molecular flexibility index (Phi) is 6.34.